The average molecular weight is 328 g/mol. The van der Waals surface area contributed by atoms with E-state index < -0.39 is 12.2 Å². The maximum absolute atomic E-state index is 13.1. The monoisotopic (exact) mass is 328 g/mol. The predicted molar refractivity (Wildman–Crippen MR) is 82.7 cm³/mol. The summed E-state index contributed by atoms with van der Waals surface area (Å²) in [5.74, 6) is -0.338. The van der Waals surface area contributed by atoms with Gasteiger partial charge in [-0.2, -0.15) is 13.2 Å². The van der Waals surface area contributed by atoms with Crippen LogP contribution in [0.1, 0.15) is 43.7 Å². The molecule has 1 aliphatic rings. The SMILES string of the molecule is CCc1ccc(CCCCC(N2CCC(=O)N2)C(F)(F)F)cc1. The van der Waals surface area contributed by atoms with Crippen molar-refractivity contribution >= 4 is 5.91 Å². The minimum atomic E-state index is -4.32. The third-order valence-corrected chi connectivity index (χ3v) is 4.23. The van der Waals surface area contributed by atoms with E-state index in [1.165, 1.54) is 5.56 Å². The lowest BCUT2D eigenvalue weighted by molar-refractivity contribution is -0.190. The van der Waals surface area contributed by atoms with Crippen molar-refractivity contribution in [2.75, 3.05) is 6.54 Å². The van der Waals surface area contributed by atoms with Crippen LogP contribution in [0, 0.1) is 0 Å². The van der Waals surface area contributed by atoms with E-state index >= 15 is 0 Å². The van der Waals surface area contributed by atoms with Crippen LogP contribution < -0.4 is 5.43 Å². The summed E-state index contributed by atoms with van der Waals surface area (Å²) in [4.78, 5) is 11.1. The standard InChI is InChI=1S/C17H23F3N2O/c1-2-13-7-9-14(10-8-13)5-3-4-6-15(17(18,19)20)22-12-11-16(23)21-22/h7-10,15H,2-6,11-12H2,1H3,(H,21,23). The van der Waals surface area contributed by atoms with Crippen molar-refractivity contribution in [3.63, 3.8) is 0 Å². The van der Waals surface area contributed by atoms with Crippen molar-refractivity contribution in [3.8, 4) is 0 Å². The quantitative estimate of drug-likeness (QED) is 0.775. The molecule has 0 saturated carbocycles. The fourth-order valence-corrected chi connectivity index (χ4v) is 2.83. The number of aryl methyl sites for hydroxylation is 2. The highest BCUT2D eigenvalue weighted by molar-refractivity contribution is 5.77. The first-order valence-corrected chi connectivity index (χ1v) is 8.11. The molecular formula is C17H23F3N2O. The molecule has 0 aromatic heterocycles. The second-order valence-corrected chi connectivity index (χ2v) is 5.95. The van der Waals surface area contributed by atoms with Crippen molar-refractivity contribution in [3.05, 3.63) is 35.4 Å². The lowest BCUT2D eigenvalue weighted by atomic mass is 10.0. The number of rotatable bonds is 7. The normalized spacial score (nSPS) is 17.3. The van der Waals surface area contributed by atoms with Gasteiger partial charge in [0.1, 0.15) is 6.04 Å². The van der Waals surface area contributed by atoms with Gasteiger partial charge in [-0.05, 0) is 36.8 Å². The smallest absolute Gasteiger partial charge is 0.288 e. The van der Waals surface area contributed by atoms with E-state index in [4.69, 9.17) is 0 Å². The number of unbranched alkanes of at least 4 members (excludes halogenated alkanes) is 1. The number of hydrogen-bond acceptors (Lipinski definition) is 2. The fraction of sp³-hybridized carbons (Fsp3) is 0.588. The van der Waals surface area contributed by atoms with E-state index in [1.54, 1.807) is 0 Å². The number of hydrazine groups is 1. The summed E-state index contributed by atoms with van der Waals surface area (Å²) in [6.45, 7) is 2.21. The van der Waals surface area contributed by atoms with Crippen molar-refractivity contribution in [1.82, 2.24) is 10.4 Å². The molecule has 3 nitrogen and oxygen atoms in total. The largest absolute Gasteiger partial charge is 0.405 e. The second-order valence-electron chi connectivity index (χ2n) is 5.95. The highest BCUT2D eigenvalue weighted by atomic mass is 19.4. The predicted octanol–water partition coefficient (Wildman–Crippen LogP) is 3.63. The Kier molecular flexibility index (Phi) is 6.04. The molecule has 2 rings (SSSR count). The number of benzene rings is 1. The molecule has 6 heteroatoms. The third-order valence-electron chi connectivity index (χ3n) is 4.23. The van der Waals surface area contributed by atoms with Crippen LogP contribution in [0.2, 0.25) is 0 Å². The number of halogens is 3. The first-order valence-electron chi connectivity index (χ1n) is 8.11. The van der Waals surface area contributed by atoms with Gasteiger partial charge in [0.25, 0.3) is 0 Å². The van der Waals surface area contributed by atoms with Gasteiger partial charge < -0.3 is 0 Å². The minimum absolute atomic E-state index is 0.0107. The molecule has 1 saturated heterocycles. The van der Waals surface area contributed by atoms with Crippen molar-refractivity contribution in [2.24, 2.45) is 0 Å². The number of nitrogens with zero attached hydrogens (tertiary/aromatic N) is 1. The van der Waals surface area contributed by atoms with Gasteiger partial charge in [-0.15, -0.1) is 0 Å². The van der Waals surface area contributed by atoms with Crippen LogP contribution >= 0.6 is 0 Å². The van der Waals surface area contributed by atoms with Crippen LogP contribution in [-0.4, -0.2) is 29.7 Å². The molecule has 0 bridgehead atoms. The Morgan fingerprint density at radius 1 is 1.17 bits per heavy atom. The lowest BCUT2D eigenvalue weighted by Gasteiger charge is -2.28. The van der Waals surface area contributed by atoms with E-state index in [2.05, 4.69) is 24.5 Å². The van der Waals surface area contributed by atoms with Gasteiger partial charge in [0, 0.05) is 13.0 Å². The van der Waals surface area contributed by atoms with Crippen LogP contribution in [0.25, 0.3) is 0 Å². The summed E-state index contributed by atoms with van der Waals surface area (Å²) < 4.78 is 39.4. The molecule has 1 atom stereocenters. The van der Waals surface area contributed by atoms with Crippen LogP contribution in [0.4, 0.5) is 13.2 Å². The van der Waals surface area contributed by atoms with Gasteiger partial charge in [0.2, 0.25) is 5.91 Å². The molecule has 1 aromatic rings. The zero-order valence-corrected chi connectivity index (χ0v) is 13.3. The molecule has 1 amide bonds. The van der Waals surface area contributed by atoms with Gasteiger partial charge in [-0.1, -0.05) is 37.6 Å². The zero-order chi connectivity index (χ0) is 16.9. The molecular weight excluding hydrogens is 305 g/mol. The highest BCUT2D eigenvalue weighted by Gasteiger charge is 2.45. The molecule has 128 valence electrons. The van der Waals surface area contributed by atoms with Crippen LogP contribution in [0.3, 0.4) is 0 Å². The molecule has 0 spiro atoms. The Morgan fingerprint density at radius 3 is 2.35 bits per heavy atom. The highest BCUT2D eigenvalue weighted by Crippen LogP contribution is 2.29. The summed E-state index contributed by atoms with van der Waals surface area (Å²) in [5, 5.41) is 1.04. The number of carbonyl (C=O) groups is 1. The second kappa shape index (κ2) is 7.81. The first-order chi connectivity index (χ1) is 10.9. The summed E-state index contributed by atoms with van der Waals surface area (Å²) in [6.07, 6.45) is -1.23. The number of amides is 1. The Morgan fingerprint density at radius 2 is 1.83 bits per heavy atom. The average Bonchev–Trinajstić information content (AvgIpc) is 2.92. The number of hydrogen-bond donors (Lipinski definition) is 1. The fourth-order valence-electron chi connectivity index (χ4n) is 2.83. The van der Waals surface area contributed by atoms with Gasteiger partial charge >= 0.3 is 6.18 Å². The zero-order valence-electron chi connectivity index (χ0n) is 13.3. The van der Waals surface area contributed by atoms with Gasteiger partial charge in [-0.3, -0.25) is 10.2 Å². The maximum atomic E-state index is 13.1. The lowest BCUT2D eigenvalue weighted by Crippen LogP contribution is -2.49. The van der Waals surface area contributed by atoms with Crippen molar-refractivity contribution in [2.45, 2.75) is 57.7 Å². The molecule has 0 radical (unpaired) electrons. The Hall–Kier alpha value is -1.56. The topological polar surface area (TPSA) is 32.3 Å². The van der Waals surface area contributed by atoms with E-state index in [9.17, 15) is 18.0 Å². The number of carbonyl (C=O) groups excluding carboxylic acids is 1. The first kappa shape index (κ1) is 17.8. The van der Waals surface area contributed by atoms with Crippen molar-refractivity contribution in [1.29, 1.82) is 0 Å². The minimum Gasteiger partial charge on any atom is -0.288 e. The maximum Gasteiger partial charge on any atom is 0.405 e. The van der Waals surface area contributed by atoms with Gasteiger partial charge in [0.05, 0.1) is 0 Å². The molecule has 1 aromatic carbocycles. The van der Waals surface area contributed by atoms with E-state index in [1.807, 2.05) is 12.1 Å². The van der Waals surface area contributed by atoms with Crippen molar-refractivity contribution < 1.29 is 18.0 Å². The molecule has 1 heterocycles. The Bertz CT molecular complexity index is 514. The number of nitrogens with one attached hydrogen (secondary N) is 1. The third kappa shape index (κ3) is 5.23. The Labute approximate surface area is 134 Å². The summed E-state index contributed by atoms with van der Waals surface area (Å²) >= 11 is 0. The summed E-state index contributed by atoms with van der Waals surface area (Å²) in [6, 6.07) is 6.62. The molecule has 0 aliphatic carbocycles. The van der Waals surface area contributed by atoms with Crippen LogP contribution in [0.5, 0.6) is 0 Å². The summed E-state index contributed by atoms with van der Waals surface area (Å²) in [5.41, 5.74) is 4.72. The molecule has 1 unspecified atom stereocenters. The van der Waals surface area contributed by atoms with Gasteiger partial charge in [-0.25, -0.2) is 5.01 Å². The number of alkyl halides is 3. The molecule has 1 N–H and O–H groups in total. The van der Waals surface area contributed by atoms with E-state index in [0.717, 1.165) is 23.4 Å². The molecule has 23 heavy (non-hydrogen) atoms. The van der Waals surface area contributed by atoms with Crippen LogP contribution in [0.15, 0.2) is 24.3 Å². The van der Waals surface area contributed by atoms with E-state index in [-0.39, 0.29) is 25.3 Å². The van der Waals surface area contributed by atoms with Gasteiger partial charge in [0.15, 0.2) is 0 Å². The Balaban J connectivity index is 1.80. The summed E-state index contributed by atoms with van der Waals surface area (Å²) in [7, 11) is 0. The molecule has 1 aliphatic heterocycles. The van der Waals surface area contributed by atoms with Crippen LogP contribution in [-0.2, 0) is 17.6 Å². The van der Waals surface area contributed by atoms with E-state index in [0.29, 0.717) is 12.8 Å². The molecule has 1 fully saturated rings.